The highest BCUT2D eigenvalue weighted by Gasteiger charge is 2.27. The summed E-state index contributed by atoms with van der Waals surface area (Å²) in [7, 11) is 0. The lowest BCUT2D eigenvalue weighted by atomic mass is 9.90. The summed E-state index contributed by atoms with van der Waals surface area (Å²) in [6, 6.07) is 5.45. The summed E-state index contributed by atoms with van der Waals surface area (Å²) >= 11 is 0. The van der Waals surface area contributed by atoms with Crippen LogP contribution in [0.2, 0.25) is 0 Å². The average Bonchev–Trinajstić information content (AvgIpc) is 2.93. The molecule has 2 atom stereocenters. The van der Waals surface area contributed by atoms with Gasteiger partial charge < -0.3 is 5.32 Å². The molecule has 0 radical (unpaired) electrons. The summed E-state index contributed by atoms with van der Waals surface area (Å²) in [4.78, 5) is 4.62. The number of nitrogens with one attached hydrogen (secondary N) is 1. The van der Waals surface area contributed by atoms with E-state index in [2.05, 4.69) is 29.4 Å². The first-order valence-corrected chi connectivity index (χ1v) is 7.54. The Morgan fingerprint density at radius 3 is 2.89 bits per heavy atom. The van der Waals surface area contributed by atoms with E-state index in [9.17, 15) is 0 Å². The van der Waals surface area contributed by atoms with Gasteiger partial charge in [-0.3, -0.25) is 4.98 Å². The number of aromatic nitrogens is 1. The van der Waals surface area contributed by atoms with Crippen LogP contribution in [0.25, 0.3) is 0 Å². The van der Waals surface area contributed by atoms with Crippen LogP contribution in [0.4, 0.5) is 0 Å². The Labute approximate surface area is 110 Å². The van der Waals surface area contributed by atoms with Crippen LogP contribution in [0.1, 0.15) is 62.7 Å². The number of rotatable bonds is 3. The summed E-state index contributed by atoms with van der Waals surface area (Å²) in [6.07, 6.45) is 11.4. The molecule has 18 heavy (non-hydrogen) atoms. The molecule has 2 aliphatic carbocycles. The first-order chi connectivity index (χ1) is 8.84. The minimum atomic E-state index is 0.491. The van der Waals surface area contributed by atoms with Gasteiger partial charge in [0.2, 0.25) is 0 Å². The maximum atomic E-state index is 4.62. The van der Waals surface area contributed by atoms with E-state index in [1.54, 1.807) is 0 Å². The predicted octanol–water partition coefficient (Wildman–Crippen LogP) is 3.63. The number of pyridine rings is 1. The van der Waals surface area contributed by atoms with Crippen LogP contribution in [0.3, 0.4) is 0 Å². The van der Waals surface area contributed by atoms with Crippen LogP contribution in [0.15, 0.2) is 18.3 Å². The van der Waals surface area contributed by atoms with Crippen molar-refractivity contribution >= 4 is 0 Å². The monoisotopic (exact) mass is 244 g/mol. The predicted molar refractivity (Wildman–Crippen MR) is 74.5 cm³/mol. The lowest BCUT2D eigenvalue weighted by Gasteiger charge is -2.30. The quantitative estimate of drug-likeness (QED) is 0.878. The van der Waals surface area contributed by atoms with Crippen molar-refractivity contribution < 1.29 is 0 Å². The fraction of sp³-hybridized carbons (Fsp3) is 0.688. The molecule has 0 amide bonds. The number of aryl methyl sites for hydroxylation is 1. The first kappa shape index (κ1) is 12.2. The average molecular weight is 244 g/mol. The van der Waals surface area contributed by atoms with E-state index in [1.165, 1.54) is 56.2 Å². The van der Waals surface area contributed by atoms with Crippen LogP contribution < -0.4 is 5.32 Å². The van der Waals surface area contributed by atoms with Crippen molar-refractivity contribution in [1.82, 2.24) is 10.3 Å². The summed E-state index contributed by atoms with van der Waals surface area (Å²) < 4.78 is 0. The fourth-order valence-electron chi connectivity index (χ4n) is 3.68. The van der Waals surface area contributed by atoms with E-state index >= 15 is 0 Å². The van der Waals surface area contributed by atoms with Crippen LogP contribution in [-0.4, -0.2) is 11.0 Å². The molecule has 2 unspecified atom stereocenters. The van der Waals surface area contributed by atoms with Crippen LogP contribution in [0, 0.1) is 5.92 Å². The lowest BCUT2D eigenvalue weighted by molar-refractivity contribution is 0.320. The smallest absolute Gasteiger partial charge is 0.0605 e. The third-order valence-electron chi connectivity index (χ3n) is 4.77. The highest BCUT2D eigenvalue weighted by Crippen LogP contribution is 2.32. The molecule has 1 fully saturated rings. The van der Waals surface area contributed by atoms with Gasteiger partial charge in [-0.25, -0.2) is 0 Å². The maximum Gasteiger partial charge on any atom is 0.0605 e. The molecule has 2 heteroatoms. The Hall–Kier alpha value is -0.890. The SMILES string of the molecule is CC(NC1CCCc2cccnc21)C1CCCC1. The number of hydrogen-bond donors (Lipinski definition) is 1. The van der Waals surface area contributed by atoms with Gasteiger partial charge in [0, 0.05) is 18.3 Å². The Morgan fingerprint density at radius 1 is 1.22 bits per heavy atom. The number of nitrogens with zero attached hydrogens (tertiary/aromatic N) is 1. The van der Waals surface area contributed by atoms with Gasteiger partial charge in [0.25, 0.3) is 0 Å². The Morgan fingerprint density at radius 2 is 2.06 bits per heavy atom. The van der Waals surface area contributed by atoms with Crippen molar-refractivity contribution in [2.45, 2.75) is 64.0 Å². The molecule has 1 saturated carbocycles. The maximum absolute atomic E-state index is 4.62. The van der Waals surface area contributed by atoms with Gasteiger partial charge in [0.05, 0.1) is 5.69 Å². The minimum absolute atomic E-state index is 0.491. The molecule has 1 heterocycles. The molecule has 1 aromatic rings. The van der Waals surface area contributed by atoms with Crippen molar-refractivity contribution in [2.75, 3.05) is 0 Å². The highest BCUT2D eigenvalue weighted by atomic mass is 15.0. The highest BCUT2D eigenvalue weighted by molar-refractivity contribution is 5.25. The van der Waals surface area contributed by atoms with Crippen LogP contribution in [-0.2, 0) is 6.42 Å². The van der Waals surface area contributed by atoms with E-state index in [0.717, 1.165) is 5.92 Å². The standard InChI is InChI=1S/C16H24N2/c1-12(13-6-2-3-7-13)18-15-10-4-8-14-9-5-11-17-16(14)15/h5,9,11-13,15,18H,2-4,6-8,10H2,1H3. The van der Waals surface area contributed by atoms with Crippen molar-refractivity contribution in [2.24, 2.45) is 5.92 Å². The van der Waals surface area contributed by atoms with Gasteiger partial charge in [0.1, 0.15) is 0 Å². The Balaban J connectivity index is 1.70. The van der Waals surface area contributed by atoms with Gasteiger partial charge in [-0.05, 0) is 56.6 Å². The minimum Gasteiger partial charge on any atom is -0.306 e. The largest absolute Gasteiger partial charge is 0.306 e. The third kappa shape index (κ3) is 2.44. The topological polar surface area (TPSA) is 24.9 Å². The first-order valence-electron chi connectivity index (χ1n) is 7.54. The molecular weight excluding hydrogens is 220 g/mol. The fourth-order valence-corrected chi connectivity index (χ4v) is 3.68. The molecule has 0 bridgehead atoms. The van der Waals surface area contributed by atoms with E-state index in [0.29, 0.717) is 12.1 Å². The van der Waals surface area contributed by atoms with Gasteiger partial charge in [0.15, 0.2) is 0 Å². The van der Waals surface area contributed by atoms with Crippen molar-refractivity contribution in [3.63, 3.8) is 0 Å². The molecule has 1 N–H and O–H groups in total. The third-order valence-corrected chi connectivity index (χ3v) is 4.77. The second-order valence-electron chi connectivity index (χ2n) is 5.99. The normalized spacial score (nSPS) is 25.9. The molecular formula is C16H24N2. The van der Waals surface area contributed by atoms with Crippen LogP contribution >= 0.6 is 0 Å². The van der Waals surface area contributed by atoms with Crippen LogP contribution in [0.5, 0.6) is 0 Å². The number of fused-ring (bicyclic) bond motifs is 1. The molecule has 2 aliphatic rings. The molecule has 0 saturated heterocycles. The molecule has 1 aromatic heterocycles. The second-order valence-corrected chi connectivity index (χ2v) is 5.99. The molecule has 0 spiro atoms. The molecule has 3 rings (SSSR count). The summed E-state index contributed by atoms with van der Waals surface area (Å²) in [5.74, 6) is 0.888. The lowest BCUT2D eigenvalue weighted by Crippen LogP contribution is -2.37. The van der Waals surface area contributed by atoms with Gasteiger partial charge in [-0.2, -0.15) is 0 Å². The van der Waals surface area contributed by atoms with Gasteiger partial charge in [-0.1, -0.05) is 18.9 Å². The molecule has 2 nitrogen and oxygen atoms in total. The Bertz CT molecular complexity index is 396. The zero-order valence-corrected chi connectivity index (χ0v) is 11.4. The summed E-state index contributed by atoms with van der Waals surface area (Å²) in [6.45, 7) is 2.37. The van der Waals surface area contributed by atoms with Crippen molar-refractivity contribution in [1.29, 1.82) is 0 Å². The zero-order valence-electron chi connectivity index (χ0n) is 11.4. The molecule has 0 aliphatic heterocycles. The van der Waals surface area contributed by atoms with E-state index in [4.69, 9.17) is 0 Å². The van der Waals surface area contributed by atoms with E-state index < -0.39 is 0 Å². The summed E-state index contributed by atoms with van der Waals surface area (Å²) in [5, 5.41) is 3.85. The van der Waals surface area contributed by atoms with E-state index in [-0.39, 0.29) is 0 Å². The summed E-state index contributed by atoms with van der Waals surface area (Å²) in [5.41, 5.74) is 2.77. The van der Waals surface area contributed by atoms with Crippen molar-refractivity contribution in [3.05, 3.63) is 29.6 Å². The van der Waals surface area contributed by atoms with Gasteiger partial charge in [-0.15, -0.1) is 0 Å². The zero-order chi connectivity index (χ0) is 12.4. The van der Waals surface area contributed by atoms with Gasteiger partial charge >= 0.3 is 0 Å². The van der Waals surface area contributed by atoms with Crippen molar-refractivity contribution in [3.8, 4) is 0 Å². The Kier molecular flexibility index (Phi) is 3.64. The molecule has 0 aromatic carbocycles. The number of hydrogen-bond acceptors (Lipinski definition) is 2. The van der Waals surface area contributed by atoms with E-state index in [1.807, 2.05) is 6.20 Å². The molecule has 98 valence electrons. The second kappa shape index (κ2) is 5.40.